The highest BCUT2D eigenvalue weighted by molar-refractivity contribution is 7.15. The van der Waals surface area contributed by atoms with E-state index in [4.69, 9.17) is 19.5 Å². The zero-order chi connectivity index (χ0) is 19.6. The minimum absolute atomic E-state index is 0.273. The Hall–Kier alpha value is -1.96. The second kappa shape index (κ2) is 11.1. The van der Waals surface area contributed by atoms with Gasteiger partial charge in [-0.25, -0.2) is 9.98 Å². The molecule has 1 unspecified atom stereocenters. The van der Waals surface area contributed by atoms with Crippen LogP contribution in [0.2, 0.25) is 0 Å². The Morgan fingerprint density at radius 2 is 2.18 bits per heavy atom. The number of ether oxygens (including phenoxy) is 2. The van der Waals surface area contributed by atoms with Gasteiger partial charge in [-0.05, 0) is 26.7 Å². The topological polar surface area (TPSA) is 67.8 Å². The van der Waals surface area contributed by atoms with Gasteiger partial charge in [-0.15, -0.1) is 11.3 Å². The number of nitrogens with zero attached hydrogens (tertiary/aromatic N) is 2. The molecule has 2 N–H and O–H groups in total. The average molecular weight is 403 g/mol. The van der Waals surface area contributed by atoms with Crippen molar-refractivity contribution in [3.8, 4) is 10.6 Å². The van der Waals surface area contributed by atoms with E-state index in [1.54, 1.807) is 11.3 Å². The van der Waals surface area contributed by atoms with Crippen LogP contribution in [0.4, 0.5) is 0 Å². The standard InChI is InChI=1S/C21H30N4O2S/c1-3-22-21(23-11-7-12-27-18-10-13-26-15-18)24-14-19-16(2)25-20(28-19)17-8-5-4-6-9-17/h4-6,8-9,18H,3,7,10-15H2,1-2H3,(H2,22,23,24). The molecule has 7 heteroatoms. The molecule has 3 rings (SSSR count). The Morgan fingerprint density at radius 1 is 1.32 bits per heavy atom. The SMILES string of the molecule is CCNC(=NCc1sc(-c2ccccc2)nc1C)NCCCOC1CCOC1. The van der Waals surface area contributed by atoms with Gasteiger partial charge in [0.05, 0.1) is 24.9 Å². The molecule has 6 nitrogen and oxygen atoms in total. The molecule has 1 atom stereocenters. The van der Waals surface area contributed by atoms with Gasteiger partial charge in [-0.3, -0.25) is 0 Å². The van der Waals surface area contributed by atoms with E-state index in [2.05, 4.69) is 36.6 Å². The summed E-state index contributed by atoms with van der Waals surface area (Å²) in [7, 11) is 0. The summed E-state index contributed by atoms with van der Waals surface area (Å²) in [5, 5.41) is 7.74. The Labute approximate surface area is 171 Å². The Bertz CT molecular complexity index is 742. The van der Waals surface area contributed by atoms with Gasteiger partial charge < -0.3 is 20.1 Å². The first kappa shape index (κ1) is 20.8. The molecule has 2 aromatic rings. The zero-order valence-electron chi connectivity index (χ0n) is 16.7. The van der Waals surface area contributed by atoms with Crippen LogP contribution >= 0.6 is 11.3 Å². The third-order valence-corrected chi connectivity index (χ3v) is 5.68. The van der Waals surface area contributed by atoms with Crippen molar-refractivity contribution in [3.63, 3.8) is 0 Å². The third-order valence-electron chi connectivity index (χ3n) is 4.49. The molecule has 0 aliphatic carbocycles. The number of aromatic nitrogens is 1. The smallest absolute Gasteiger partial charge is 0.191 e. The highest BCUT2D eigenvalue weighted by Gasteiger charge is 2.15. The van der Waals surface area contributed by atoms with Gasteiger partial charge in [0.1, 0.15) is 5.01 Å². The second-order valence-corrected chi connectivity index (χ2v) is 7.81. The maximum atomic E-state index is 5.80. The molecule has 0 amide bonds. The lowest BCUT2D eigenvalue weighted by Gasteiger charge is -2.12. The first-order valence-corrected chi connectivity index (χ1v) is 10.8. The average Bonchev–Trinajstić information content (AvgIpc) is 3.36. The van der Waals surface area contributed by atoms with Crippen molar-refractivity contribution >= 4 is 17.3 Å². The van der Waals surface area contributed by atoms with E-state index in [1.807, 2.05) is 18.2 Å². The molecule has 1 aliphatic heterocycles. The Morgan fingerprint density at radius 3 is 2.93 bits per heavy atom. The normalized spacial score (nSPS) is 17.1. The van der Waals surface area contributed by atoms with Crippen molar-refractivity contribution in [1.29, 1.82) is 0 Å². The van der Waals surface area contributed by atoms with Crippen LogP contribution < -0.4 is 10.6 Å². The van der Waals surface area contributed by atoms with Crippen LogP contribution in [-0.2, 0) is 16.0 Å². The largest absolute Gasteiger partial charge is 0.379 e. The maximum Gasteiger partial charge on any atom is 0.191 e. The summed E-state index contributed by atoms with van der Waals surface area (Å²) in [6.07, 6.45) is 2.23. The molecule has 1 saturated heterocycles. The summed E-state index contributed by atoms with van der Waals surface area (Å²) in [6, 6.07) is 10.3. The highest BCUT2D eigenvalue weighted by Crippen LogP contribution is 2.28. The molecule has 1 aromatic carbocycles. The molecular formula is C21H30N4O2S. The monoisotopic (exact) mass is 402 g/mol. The van der Waals surface area contributed by atoms with Crippen LogP contribution in [0.3, 0.4) is 0 Å². The van der Waals surface area contributed by atoms with Crippen LogP contribution in [0.1, 0.15) is 30.3 Å². The minimum atomic E-state index is 0.273. The lowest BCUT2D eigenvalue weighted by molar-refractivity contribution is 0.0420. The first-order chi connectivity index (χ1) is 13.8. The molecule has 1 aromatic heterocycles. The van der Waals surface area contributed by atoms with Gasteiger partial charge in [-0.1, -0.05) is 30.3 Å². The van der Waals surface area contributed by atoms with Gasteiger partial charge in [0, 0.05) is 36.7 Å². The summed E-state index contributed by atoms with van der Waals surface area (Å²) < 4.78 is 11.1. The second-order valence-electron chi connectivity index (χ2n) is 6.73. The van der Waals surface area contributed by atoms with Crippen LogP contribution in [0.15, 0.2) is 35.3 Å². The van der Waals surface area contributed by atoms with Gasteiger partial charge >= 0.3 is 0 Å². The molecule has 1 fully saturated rings. The highest BCUT2D eigenvalue weighted by atomic mass is 32.1. The number of guanidine groups is 1. The van der Waals surface area contributed by atoms with E-state index in [1.165, 1.54) is 4.88 Å². The fourth-order valence-electron chi connectivity index (χ4n) is 2.94. The molecule has 0 bridgehead atoms. The van der Waals surface area contributed by atoms with Gasteiger partial charge in [0.15, 0.2) is 5.96 Å². The van der Waals surface area contributed by atoms with E-state index in [0.717, 1.165) is 68.0 Å². The molecule has 152 valence electrons. The number of rotatable bonds is 9. The molecule has 0 radical (unpaired) electrons. The number of hydrogen-bond acceptors (Lipinski definition) is 5. The number of thiazole rings is 1. The minimum Gasteiger partial charge on any atom is -0.379 e. The van der Waals surface area contributed by atoms with E-state index in [0.29, 0.717) is 6.54 Å². The fraction of sp³-hybridized carbons (Fsp3) is 0.524. The molecule has 1 aliphatic rings. The van der Waals surface area contributed by atoms with E-state index in [9.17, 15) is 0 Å². The summed E-state index contributed by atoms with van der Waals surface area (Å²) in [6.45, 7) is 8.72. The van der Waals surface area contributed by atoms with Gasteiger partial charge in [-0.2, -0.15) is 0 Å². The number of benzene rings is 1. The Balaban J connectivity index is 1.49. The number of aliphatic imine (C=N–C) groups is 1. The summed E-state index contributed by atoms with van der Waals surface area (Å²) in [5.41, 5.74) is 2.21. The number of aryl methyl sites for hydroxylation is 1. The molecule has 0 spiro atoms. The lowest BCUT2D eigenvalue weighted by Crippen LogP contribution is -2.38. The summed E-state index contributed by atoms with van der Waals surface area (Å²) >= 11 is 1.71. The van der Waals surface area contributed by atoms with Crippen LogP contribution in [0.25, 0.3) is 10.6 Å². The van der Waals surface area contributed by atoms with Gasteiger partial charge in [0.2, 0.25) is 0 Å². The summed E-state index contributed by atoms with van der Waals surface area (Å²) in [4.78, 5) is 10.6. The van der Waals surface area contributed by atoms with Crippen molar-refractivity contribution in [1.82, 2.24) is 15.6 Å². The lowest BCUT2D eigenvalue weighted by atomic mass is 10.2. The molecule has 2 heterocycles. The van der Waals surface area contributed by atoms with E-state index >= 15 is 0 Å². The van der Waals surface area contributed by atoms with Crippen molar-refractivity contribution in [2.75, 3.05) is 32.9 Å². The van der Waals surface area contributed by atoms with Crippen molar-refractivity contribution < 1.29 is 9.47 Å². The summed E-state index contributed by atoms with van der Waals surface area (Å²) in [5.74, 6) is 0.834. The maximum absolute atomic E-state index is 5.80. The first-order valence-electron chi connectivity index (χ1n) is 9.99. The van der Waals surface area contributed by atoms with Crippen LogP contribution in [0.5, 0.6) is 0 Å². The zero-order valence-corrected chi connectivity index (χ0v) is 17.6. The molecule has 28 heavy (non-hydrogen) atoms. The number of nitrogens with one attached hydrogen (secondary N) is 2. The van der Waals surface area contributed by atoms with Crippen molar-refractivity contribution in [2.45, 2.75) is 39.3 Å². The van der Waals surface area contributed by atoms with Crippen molar-refractivity contribution in [2.24, 2.45) is 4.99 Å². The van der Waals surface area contributed by atoms with Crippen molar-refractivity contribution in [3.05, 3.63) is 40.9 Å². The van der Waals surface area contributed by atoms with Gasteiger partial charge in [0.25, 0.3) is 0 Å². The van der Waals surface area contributed by atoms with E-state index in [-0.39, 0.29) is 6.10 Å². The Kier molecular flexibility index (Phi) is 8.26. The quantitative estimate of drug-likeness (QED) is 0.382. The third kappa shape index (κ3) is 6.29. The fourth-order valence-corrected chi connectivity index (χ4v) is 3.94. The predicted octanol–water partition coefficient (Wildman–Crippen LogP) is 3.37. The predicted molar refractivity (Wildman–Crippen MR) is 115 cm³/mol. The number of hydrogen-bond donors (Lipinski definition) is 2. The van der Waals surface area contributed by atoms with Crippen LogP contribution in [0, 0.1) is 6.92 Å². The van der Waals surface area contributed by atoms with E-state index < -0.39 is 0 Å². The van der Waals surface area contributed by atoms with Crippen LogP contribution in [-0.4, -0.2) is 50.0 Å². The molecular weight excluding hydrogens is 372 g/mol. The molecule has 0 saturated carbocycles.